The first-order valence-corrected chi connectivity index (χ1v) is 7.32. The van der Waals surface area contributed by atoms with Gasteiger partial charge < -0.3 is 16.4 Å². The van der Waals surface area contributed by atoms with E-state index >= 15 is 0 Å². The molecule has 1 aromatic rings. The van der Waals surface area contributed by atoms with E-state index in [9.17, 15) is 14.4 Å². The van der Waals surface area contributed by atoms with Gasteiger partial charge in [0, 0.05) is 12.8 Å². The van der Waals surface area contributed by atoms with Crippen molar-refractivity contribution in [1.82, 2.24) is 10.6 Å². The van der Waals surface area contributed by atoms with Crippen LogP contribution in [0, 0.1) is 13.8 Å². The largest absolute Gasteiger partial charge is 0.368 e. The maximum absolute atomic E-state index is 12.1. The number of nitrogens with one attached hydrogen (secondary N) is 2. The highest BCUT2D eigenvalue weighted by atomic mass is 16.2. The summed E-state index contributed by atoms with van der Waals surface area (Å²) in [6.45, 7) is 3.92. The zero-order valence-corrected chi connectivity index (χ0v) is 12.8. The standard InChI is InChI=1S/C16H21N3O3/c1-9-4-3-5-10(2)11(9)8-13(15(17)21)19-16(22)12-6-7-14(20)18-12/h3-5,12-13H,6-8H2,1-2H3,(H2,17,21)(H,18,20)(H,19,22)/t12-,13+/m0/s1. The third-order valence-electron chi connectivity index (χ3n) is 4.02. The lowest BCUT2D eigenvalue weighted by molar-refractivity contribution is -0.129. The second-order valence-electron chi connectivity index (χ2n) is 5.70. The van der Waals surface area contributed by atoms with E-state index < -0.39 is 18.0 Å². The molecular weight excluding hydrogens is 282 g/mol. The summed E-state index contributed by atoms with van der Waals surface area (Å²) in [5, 5.41) is 5.24. The smallest absolute Gasteiger partial charge is 0.243 e. The van der Waals surface area contributed by atoms with E-state index in [0.29, 0.717) is 19.3 Å². The molecule has 1 aromatic carbocycles. The van der Waals surface area contributed by atoms with Crippen LogP contribution in [0.1, 0.15) is 29.5 Å². The summed E-state index contributed by atoms with van der Waals surface area (Å²) in [6.07, 6.45) is 1.12. The Labute approximate surface area is 129 Å². The first-order chi connectivity index (χ1) is 10.4. The summed E-state index contributed by atoms with van der Waals surface area (Å²) in [5.74, 6) is -1.09. The van der Waals surface area contributed by atoms with Crippen molar-refractivity contribution in [1.29, 1.82) is 0 Å². The summed E-state index contributed by atoms with van der Waals surface area (Å²) in [6, 6.07) is 4.50. The fraction of sp³-hybridized carbons (Fsp3) is 0.438. The van der Waals surface area contributed by atoms with Crippen molar-refractivity contribution in [3.8, 4) is 0 Å². The van der Waals surface area contributed by atoms with Crippen molar-refractivity contribution < 1.29 is 14.4 Å². The van der Waals surface area contributed by atoms with Crippen molar-refractivity contribution in [2.24, 2.45) is 5.73 Å². The van der Waals surface area contributed by atoms with Gasteiger partial charge in [0.1, 0.15) is 12.1 Å². The van der Waals surface area contributed by atoms with Crippen molar-refractivity contribution >= 4 is 17.7 Å². The molecule has 6 heteroatoms. The van der Waals surface area contributed by atoms with E-state index in [0.717, 1.165) is 16.7 Å². The maximum atomic E-state index is 12.1. The molecule has 22 heavy (non-hydrogen) atoms. The molecule has 6 nitrogen and oxygen atoms in total. The average Bonchev–Trinajstić information content (AvgIpc) is 2.88. The SMILES string of the molecule is Cc1cccc(C)c1C[C@@H](NC(=O)[C@@H]1CCC(=O)N1)C(N)=O. The van der Waals surface area contributed by atoms with Crippen LogP contribution in [0.2, 0.25) is 0 Å². The molecule has 1 aliphatic heterocycles. The zero-order chi connectivity index (χ0) is 16.3. The highest BCUT2D eigenvalue weighted by Gasteiger charge is 2.30. The topological polar surface area (TPSA) is 101 Å². The molecule has 0 saturated carbocycles. The van der Waals surface area contributed by atoms with Gasteiger partial charge in [-0.25, -0.2) is 0 Å². The van der Waals surface area contributed by atoms with Crippen molar-refractivity contribution in [3.05, 3.63) is 34.9 Å². The highest BCUT2D eigenvalue weighted by Crippen LogP contribution is 2.16. The van der Waals surface area contributed by atoms with Crippen LogP contribution in [0.5, 0.6) is 0 Å². The Morgan fingerprint density at radius 2 is 2.00 bits per heavy atom. The van der Waals surface area contributed by atoms with Gasteiger partial charge in [0.15, 0.2) is 0 Å². The molecule has 0 aromatic heterocycles. The molecule has 3 amide bonds. The summed E-state index contributed by atoms with van der Waals surface area (Å²) in [4.78, 5) is 35.0. The monoisotopic (exact) mass is 303 g/mol. The minimum atomic E-state index is -0.787. The zero-order valence-electron chi connectivity index (χ0n) is 12.8. The number of hydrogen-bond donors (Lipinski definition) is 3. The summed E-state index contributed by atoms with van der Waals surface area (Å²) in [7, 11) is 0. The molecule has 118 valence electrons. The molecule has 4 N–H and O–H groups in total. The molecule has 1 aliphatic rings. The molecule has 1 heterocycles. The summed E-state index contributed by atoms with van der Waals surface area (Å²) >= 11 is 0. The highest BCUT2D eigenvalue weighted by molar-refractivity contribution is 5.93. The fourth-order valence-corrected chi connectivity index (χ4v) is 2.68. The summed E-state index contributed by atoms with van der Waals surface area (Å²) < 4.78 is 0. The Kier molecular flexibility index (Phi) is 4.80. The molecule has 1 saturated heterocycles. The molecule has 0 unspecified atom stereocenters. The lowest BCUT2D eigenvalue weighted by Crippen LogP contribution is -2.51. The number of rotatable bonds is 5. The lowest BCUT2D eigenvalue weighted by atomic mass is 9.96. The van der Waals surface area contributed by atoms with Gasteiger partial charge in [0.05, 0.1) is 0 Å². The maximum Gasteiger partial charge on any atom is 0.243 e. The van der Waals surface area contributed by atoms with Gasteiger partial charge in [-0.3, -0.25) is 14.4 Å². The third-order valence-corrected chi connectivity index (χ3v) is 4.02. The van der Waals surface area contributed by atoms with Crippen LogP contribution < -0.4 is 16.4 Å². The van der Waals surface area contributed by atoms with Crippen LogP contribution in [0.3, 0.4) is 0 Å². The van der Waals surface area contributed by atoms with Crippen molar-refractivity contribution in [2.45, 2.75) is 45.2 Å². The van der Waals surface area contributed by atoms with Crippen LogP contribution in [0.25, 0.3) is 0 Å². The van der Waals surface area contributed by atoms with E-state index in [1.807, 2.05) is 32.0 Å². The van der Waals surface area contributed by atoms with E-state index in [2.05, 4.69) is 10.6 Å². The van der Waals surface area contributed by atoms with Crippen LogP contribution in [-0.2, 0) is 20.8 Å². The number of benzene rings is 1. The number of carbonyl (C=O) groups excluding carboxylic acids is 3. The first kappa shape index (κ1) is 16.0. The van der Waals surface area contributed by atoms with Gasteiger partial charge in [0.2, 0.25) is 17.7 Å². The molecular formula is C16H21N3O3. The van der Waals surface area contributed by atoms with E-state index in [-0.39, 0.29) is 11.8 Å². The second kappa shape index (κ2) is 6.60. The molecule has 0 spiro atoms. The van der Waals surface area contributed by atoms with Crippen molar-refractivity contribution in [3.63, 3.8) is 0 Å². The fourth-order valence-electron chi connectivity index (χ4n) is 2.68. The van der Waals surface area contributed by atoms with Crippen LogP contribution in [0.15, 0.2) is 18.2 Å². The van der Waals surface area contributed by atoms with E-state index in [4.69, 9.17) is 5.73 Å². The molecule has 0 aliphatic carbocycles. The lowest BCUT2D eigenvalue weighted by Gasteiger charge is -2.20. The molecule has 1 fully saturated rings. The molecule has 2 atom stereocenters. The van der Waals surface area contributed by atoms with Gasteiger partial charge in [-0.2, -0.15) is 0 Å². The average molecular weight is 303 g/mol. The number of aryl methyl sites for hydroxylation is 2. The van der Waals surface area contributed by atoms with Crippen molar-refractivity contribution in [2.75, 3.05) is 0 Å². The van der Waals surface area contributed by atoms with Gasteiger partial charge in [-0.1, -0.05) is 18.2 Å². The Balaban J connectivity index is 2.09. The Morgan fingerprint density at radius 1 is 1.36 bits per heavy atom. The Bertz CT molecular complexity index is 592. The first-order valence-electron chi connectivity index (χ1n) is 7.32. The van der Waals surface area contributed by atoms with Gasteiger partial charge in [-0.15, -0.1) is 0 Å². The normalized spacial score (nSPS) is 18.6. The second-order valence-corrected chi connectivity index (χ2v) is 5.70. The molecule has 0 bridgehead atoms. The molecule has 0 radical (unpaired) electrons. The van der Waals surface area contributed by atoms with E-state index in [1.54, 1.807) is 0 Å². The predicted molar refractivity (Wildman–Crippen MR) is 81.9 cm³/mol. The number of carbonyl (C=O) groups is 3. The number of primary amides is 1. The van der Waals surface area contributed by atoms with Crippen LogP contribution >= 0.6 is 0 Å². The van der Waals surface area contributed by atoms with Gasteiger partial charge in [0.25, 0.3) is 0 Å². The predicted octanol–water partition coefficient (Wildman–Crippen LogP) is 0.0946. The quantitative estimate of drug-likeness (QED) is 0.718. The van der Waals surface area contributed by atoms with Gasteiger partial charge >= 0.3 is 0 Å². The van der Waals surface area contributed by atoms with Crippen LogP contribution in [0.4, 0.5) is 0 Å². The Morgan fingerprint density at radius 3 is 2.50 bits per heavy atom. The Hall–Kier alpha value is -2.37. The number of hydrogen-bond acceptors (Lipinski definition) is 3. The minimum Gasteiger partial charge on any atom is -0.368 e. The van der Waals surface area contributed by atoms with Crippen LogP contribution in [-0.4, -0.2) is 29.8 Å². The summed E-state index contributed by atoms with van der Waals surface area (Å²) in [5.41, 5.74) is 8.52. The van der Waals surface area contributed by atoms with E-state index in [1.165, 1.54) is 0 Å². The minimum absolute atomic E-state index is 0.148. The number of amides is 3. The van der Waals surface area contributed by atoms with Gasteiger partial charge in [-0.05, 0) is 37.0 Å². The number of nitrogens with two attached hydrogens (primary N) is 1. The molecule has 2 rings (SSSR count). The third kappa shape index (κ3) is 3.63.